The van der Waals surface area contributed by atoms with Gasteiger partial charge in [-0.1, -0.05) is 24.3 Å². The minimum absolute atomic E-state index is 0. The molecule has 0 saturated carbocycles. The van der Waals surface area contributed by atoms with Gasteiger partial charge in [0.25, 0.3) is 0 Å². The van der Waals surface area contributed by atoms with Crippen molar-refractivity contribution in [2.75, 3.05) is 0 Å². The zero-order chi connectivity index (χ0) is 9.38. The van der Waals surface area contributed by atoms with Crippen LogP contribution in [0.5, 0.6) is 0 Å². The fourth-order valence-corrected chi connectivity index (χ4v) is 1.38. The molecule has 1 aromatic carbocycles. The monoisotopic (exact) mass is 376 g/mol. The van der Waals surface area contributed by atoms with Crippen molar-refractivity contribution in [3.8, 4) is 5.95 Å². The third-order valence-corrected chi connectivity index (χ3v) is 2.03. The zero-order valence-corrected chi connectivity index (χ0v) is 10.1. The van der Waals surface area contributed by atoms with Crippen molar-refractivity contribution in [3.05, 3.63) is 42.7 Å². The van der Waals surface area contributed by atoms with Crippen LogP contribution < -0.4 is 4.98 Å². The van der Waals surface area contributed by atoms with Crippen LogP contribution in [0.2, 0.25) is 0 Å². The topological polar surface area (TPSA) is 44.8 Å². The van der Waals surface area contributed by atoms with Gasteiger partial charge in [0.05, 0.1) is 0 Å². The molecule has 0 saturated heterocycles. The summed E-state index contributed by atoms with van der Waals surface area (Å²) in [5.41, 5.74) is 1.80. The maximum absolute atomic E-state index is 4.34. The van der Waals surface area contributed by atoms with Crippen molar-refractivity contribution in [2.24, 2.45) is 0 Å². The van der Waals surface area contributed by atoms with Gasteiger partial charge in [-0.05, 0) is 12.3 Å². The van der Waals surface area contributed by atoms with Crippen LogP contribution in [0.4, 0.5) is 0 Å². The van der Waals surface area contributed by atoms with E-state index in [0.29, 0.717) is 5.95 Å². The van der Waals surface area contributed by atoms with Gasteiger partial charge in [-0.25, -0.2) is 5.10 Å². The van der Waals surface area contributed by atoms with Gasteiger partial charge in [0, 0.05) is 43.3 Å². The molecule has 3 rings (SSSR count). The Morgan fingerprint density at radius 3 is 2.73 bits per heavy atom. The summed E-state index contributed by atoms with van der Waals surface area (Å²) < 4.78 is 1.65. The summed E-state index contributed by atoms with van der Waals surface area (Å²) in [6.07, 6.45) is 3.54. The van der Waals surface area contributed by atoms with E-state index in [1.165, 1.54) is 0 Å². The van der Waals surface area contributed by atoms with Gasteiger partial charge >= 0.3 is 0 Å². The van der Waals surface area contributed by atoms with E-state index >= 15 is 0 Å². The van der Waals surface area contributed by atoms with Gasteiger partial charge in [0.1, 0.15) is 0 Å². The van der Waals surface area contributed by atoms with Crippen molar-refractivity contribution in [1.29, 1.82) is 0 Å². The first-order valence-corrected chi connectivity index (χ1v) is 4.33. The van der Waals surface area contributed by atoms with Gasteiger partial charge in [-0.2, -0.15) is 0 Å². The van der Waals surface area contributed by atoms with Gasteiger partial charge < -0.3 is 14.6 Å². The molecule has 15 heavy (non-hydrogen) atoms. The van der Waals surface area contributed by atoms with Crippen LogP contribution in [0, 0.1) is 0 Å². The van der Waals surface area contributed by atoms with E-state index < -0.39 is 0 Å². The van der Waals surface area contributed by atoms with Crippen LogP contribution in [-0.4, -0.2) is 14.8 Å². The molecule has 0 atom stereocenters. The molecule has 1 radical (unpaired) electrons. The minimum Gasteiger partial charge on any atom is -0.357 e. The first-order chi connectivity index (χ1) is 6.93. The Morgan fingerprint density at radius 1 is 1.13 bits per heavy atom. The number of para-hydroxylation sites is 2. The Hall–Kier alpha value is -1.45. The summed E-state index contributed by atoms with van der Waals surface area (Å²) in [6, 6.07) is 9.62. The maximum atomic E-state index is 4.34. The largest absolute Gasteiger partial charge is 0.357 e. The van der Waals surface area contributed by atoms with Crippen LogP contribution in [0.1, 0.15) is 0 Å². The van der Waals surface area contributed by atoms with Crippen LogP contribution >= 0.6 is 0 Å². The van der Waals surface area contributed by atoms with Gasteiger partial charge in [-0.15, -0.1) is 0 Å². The molecule has 0 fully saturated rings. The van der Waals surface area contributed by atoms with Gasteiger partial charge in [0.15, 0.2) is 0 Å². The number of hydrogen-bond acceptors (Lipinski definition) is 2. The van der Waals surface area contributed by atoms with Gasteiger partial charge in [0.2, 0.25) is 0 Å². The van der Waals surface area contributed by atoms with Crippen molar-refractivity contribution in [3.63, 3.8) is 0 Å². The number of rotatable bonds is 1. The van der Waals surface area contributed by atoms with E-state index in [-0.39, 0.29) is 20.1 Å². The molecule has 0 aliphatic rings. The van der Waals surface area contributed by atoms with Crippen molar-refractivity contribution in [1.82, 2.24) is 19.7 Å². The summed E-state index contributed by atoms with van der Waals surface area (Å²) in [6.45, 7) is 0. The van der Waals surface area contributed by atoms with Crippen molar-refractivity contribution in [2.45, 2.75) is 0 Å². The predicted octanol–water partition coefficient (Wildman–Crippen LogP) is 1.38. The molecule has 5 heteroatoms. The molecular formula is C10H7IrN4-. The molecule has 3 aromatic rings. The Morgan fingerprint density at radius 2 is 2.00 bits per heavy atom. The molecule has 4 nitrogen and oxygen atoms in total. The van der Waals surface area contributed by atoms with E-state index in [1.807, 2.05) is 36.5 Å². The molecule has 0 amide bonds. The first kappa shape index (κ1) is 10.1. The number of aromatic nitrogens is 4. The first-order valence-electron chi connectivity index (χ1n) is 4.33. The fourth-order valence-electron chi connectivity index (χ4n) is 1.38. The fraction of sp³-hybridized carbons (Fsp3) is 0. The molecule has 2 heterocycles. The number of nitrogens with zero attached hydrogens (tertiary/aromatic N) is 4. The average molecular weight is 375 g/mol. The second kappa shape index (κ2) is 3.96. The van der Waals surface area contributed by atoms with E-state index in [1.54, 1.807) is 10.9 Å². The van der Waals surface area contributed by atoms with Crippen molar-refractivity contribution >= 4 is 11.0 Å². The summed E-state index contributed by atoms with van der Waals surface area (Å²) in [4.78, 5) is 8.69. The number of fused-ring (bicyclic) bond motifs is 1. The number of benzene rings is 1. The number of hydrogen-bond donors (Lipinski definition) is 0. The second-order valence-electron chi connectivity index (χ2n) is 2.96. The van der Waals surface area contributed by atoms with E-state index in [2.05, 4.69) is 15.1 Å². The summed E-state index contributed by atoms with van der Waals surface area (Å²) in [5.74, 6) is 0.621. The molecule has 2 aromatic heterocycles. The Labute approximate surface area is 99.7 Å². The van der Waals surface area contributed by atoms with Crippen LogP contribution in [0.25, 0.3) is 17.0 Å². The van der Waals surface area contributed by atoms with E-state index in [4.69, 9.17) is 0 Å². The minimum atomic E-state index is 0. The predicted molar refractivity (Wildman–Crippen MR) is 52.2 cm³/mol. The smallest absolute Gasteiger partial charge is 0.0427 e. The third kappa shape index (κ3) is 1.71. The summed E-state index contributed by atoms with van der Waals surface area (Å²) >= 11 is 0. The molecule has 0 unspecified atom stereocenters. The quantitative estimate of drug-likeness (QED) is 0.646. The summed E-state index contributed by atoms with van der Waals surface area (Å²) in [5, 5.41) is 4.07. The zero-order valence-electron chi connectivity index (χ0n) is 7.66. The van der Waals surface area contributed by atoms with E-state index in [9.17, 15) is 0 Å². The molecule has 0 N–H and O–H groups in total. The number of imidazole rings is 1. The third-order valence-electron chi connectivity index (χ3n) is 2.03. The van der Waals surface area contributed by atoms with Gasteiger partial charge in [-0.3, -0.25) is 0 Å². The second-order valence-corrected chi connectivity index (χ2v) is 2.96. The van der Waals surface area contributed by atoms with Crippen LogP contribution in [0.15, 0.2) is 42.7 Å². The standard InChI is InChI=1S/C10H7N4.Ir/c1-2-5-9-8(4-1)12-10(13-9)14-7-3-6-11-14;/h1-7H;/q-1;. The normalized spacial score (nSPS) is 10.1. The Balaban J connectivity index is 0.000000853. The molecule has 0 aliphatic heterocycles. The average Bonchev–Trinajstić information content (AvgIpc) is 2.86. The summed E-state index contributed by atoms with van der Waals surface area (Å²) in [7, 11) is 0. The van der Waals surface area contributed by atoms with E-state index in [0.717, 1.165) is 11.0 Å². The Bertz CT molecular complexity index is 523. The van der Waals surface area contributed by atoms with Crippen LogP contribution in [-0.2, 0) is 20.1 Å². The molecule has 0 bridgehead atoms. The molecule has 77 valence electrons. The van der Waals surface area contributed by atoms with Crippen LogP contribution in [0.3, 0.4) is 0 Å². The SMILES string of the molecule is [Ir].c1ccc2[n-]c(-n3cccn3)nc2c1. The molecule has 0 aliphatic carbocycles. The molecular weight excluding hydrogens is 368 g/mol. The van der Waals surface area contributed by atoms with Crippen molar-refractivity contribution < 1.29 is 20.1 Å². The Kier molecular flexibility index (Phi) is 2.66. The maximum Gasteiger partial charge on any atom is 0.0427 e. The molecule has 0 spiro atoms.